The number of carbonyl (C=O) groups excluding carboxylic acids is 2. The van der Waals surface area contributed by atoms with Gasteiger partial charge in [-0.15, -0.1) is 0 Å². The summed E-state index contributed by atoms with van der Waals surface area (Å²) in [7, 11) is 1.70. The predicted molar refractivity (Wildman–Crippen MR) is 78.0 cm³/mol. The Morgan fingerprint density at radius 2 is 2.05 bits per heavy atom. The van der Waals surface area contributed by atoms with Crippen LogP contribution in [0.3, 0.4) is 0 Å². The molecule has 2 aromatic rings. The number of hydrogen-bond donors (Lipinski definition) is 1. The number of carbonyl (C=O) groups is 2. The van der Waals surface area contributed by atoms with Crippen LogP contribution in [0.15, 0.2) is 30.6 Å². The first-order valence-corrected chi connectivity index (χ1v) is 6.48. The molecule has 6 nitrogen and oxygen atoms in total. The summed E-state index contributed by atoms with van der Waals surface area (Å²) < 4.78 is 6.42. The van der Waals surface area contributed by atoms with Gasteiger partial charge in [0.05, 0.1) is 11.8 Å². The Kier molecular flexibility index (Phi) is 4.37. The van der Waals surface area contributed by atoms with Gasteiger partial charge in [-0.05, 0) is 37.1 Å². The fraction of sp³-hybridized carbons (Fsp3) is 0.267. The van der Waals surface area contributed by atoms with Gasteiger partial charge in [0, 0.05) is 18.9 Å². The second-order valence-electron chi connectivity index (χ2n) is 4.83. The highest BCUT2D eigenvalue weighted by Crippen LogP contribution is 2.14. The summed E-state index contributed by atoms with van der Waals surface area (Å²) in [6, 6.07) is 5.60. The van der Waals surface area contributed by atoms with E-state index in [1.165, 1.54) is 17.1 Å². The first-order chi connectivity index (χ1) is 9.95. The van der Waals surface area contributed by atoms with E-state index in [1.807, 2.05) is 32.0 Å². The van der Waals surface area contributed by atoms with E-state index < -0.39 is 5.97 Å². The minimum Gasteiger partial charge on any atom is -0.452 e. The van der Waals surface area contributed by atoms with E-state index in [0.29, 0.717) is 11.3 Å². The van der Waals surface area contributed by atoms with Crippen molar-refractivity contribution in [1.82, 2.24) is 9.78 Å². The van der Waals surface area contributed by atoms with E-state index in [1.54, 1.807) is 7.05 Å². The molecular formula is C15H17N3O3. The molecule has 1 amide bonds. The van der Waals surface area contributed by atoms with Crippen molar-refractivity contribution in [3.63, 3.8) is 0 Å². The van der Waals surface area contributed by atoms with Crippen LogP contribution in [-0.2, 0) is 16.6 Å². The van der Waals surface area contributed by atoms with Gasteiger partial charge in [-0.1, -0.05) is 6.07 Å². The van der Waals surface area contributed by atoms with Crippen molar-refractivity contribution in [1.29, 1.82) is 0 Å². The maximum absolute atomic E-state index is 11.7. The normalized spacial score (nSPS) is 10.2. The monoisotopic (exact) mass is 287 g/mol. The average molecular weight is 287 g/mol. The lowest BCUT2D eigenvalue weighted by molar-refractivity contribution is -0.119. The molecule has 0 atom stereocenters. The fourth-order valence-electron chi connectivity index (χ4n) is 1.76. The van der Waals surface area contributed by atoms with Crippen LogP contribution in [0.25, 0.3) is 0 Å². The molecule has 0 saturated heterocycles. The number of hydrogen-bond acceptors (Lipinski definition) is 4. The van der Waals surface area contributed by atoms with E-state index in [4.69, 9.17) is 4.74 Å². The van der Waals surface area contributed by atoms with Crippen LogP contribution >= 0.6 is 0 Å². The summed E-state index contributed by atoms with van der Waals surface area (Å²) in [6.07, 6.45) is 2.92. The first kappa shape index (κ1) is 14.8. The molecule has 0 aliphatic heterocycles. The van der Waals surface area contributed by atoms with Crippen molar-refractivity contribution in [3.05, 3.63) is 47.3 Å². The average Bonchev–Trinajstić information content (AvgIpc) is 2.87. The minimum atomic E-state index is -0.571. The second-order valence-corrected chi connectivity index (χ2v) is 4.83. The van der Waals surface area contributed by atoms with Crippen molar-refractivity contribution in [2.45, 2.75) is 13.8 Å². The Labute approximate surface area is 122 Å². The first-order valence-electron chi connectivity index (χ1n) is 6.48. The number of ether oxygens (including phenoxy) is 1. The van der Waals surface area contributed by atoms with Crippen LogP contribution in [0.2, 0.25) is 0 Å². The van der Waals surface area contributed by atoms with Crippen molar-refractivity contribution in [2.24, 2.45) is 7.05 Å². The standard InChI is InChI=1S/C15H17N3O3/c1-10-4-5-13(6-11(10)2)17-14(19)9-21-15(20)12-7-16-18(3)8-12/h4-8H,9H2,1-3H3,(H,17,19). The zero-order valence-electron chi connectivity index (χ0n) is 12.2. The maximum atomic E-state index is 11.7. The number of nitrogens with zero attached hydrogens (tertiary/aromatic N) is 2. The molecule has 1 heterocycles. The van der Waals surface area contributed by atoms with Crippen LogP contribution < -0.4 is 5.32 Å². The zero-order valence-corrected chi connectivity index (χ0v) is 12.2. The molecule has 0 aliphatic rings. The third-order valence-electron chi connectivity index (χ3n) is 3.07. The van der Waals surface area contributed by atoms with Gasteiger partial charge < -0.3 is 10.1 Å². The molecule has 0 spiro atoms. The van der Waals surface area contributed by atoms with Gasteiger partial charge >= 0.3 is 5.97 Å². The number of benzene rings is 1. The summed E-state index contributed by atoms with van der Waals surface area (Å²) in [5.41, 5.74) is 3.23. The lowest BCUT2D eigenvalue weighted by Crippen LogP contribution is -2.20. The fourth-order valence-corrected chi connectivity index (χ4v) is 1.76. The molecule has 1 aromatic carbocycles. The van der Waals surface area contributed by atoms with E-state index in [2.05, 4.69) is 10.4 Å². The van der Waals surface area contributed by atoms with Crippen LogP contribution in [0.4, 0.5) is 5.69 Å². The molecular weight excluding hydrogens is 270 g/mol. The van der Waals surface area contributed by atoms with E-state index in [0.717, 1.165) is 11.1 Å². The van der Waals surface area contributed by atoms with Crippen LogP contribution in [0.5, 0.6) is 0 Å². The van der Waals surface area contributed by atoms with Gasteiger partial charge in [0.25, 0.3) is 5.91 Å². The Hall–Kier alpha value is -2.63. The number of esters is 1. The van der Waals surface area contributed by atoms with Gasteiger partial charge in [0.1, 0.15) is 0 Å². The summed E-state index contributed by atoms with van der Waals surface area (Å²) in [6.45, 7) is 3.63. The molecule has 0 radical (unpaired) electrons. The number of aromatic nitrogens is 2. The highest BCUT2D eigenvalue weighted by Gasteiger charge is 2.12. The largest absolute Gasteiger partial charge is 0.452 e. The molecule has 1 aromatic heterocycles. The predicted octanol–water partition coefficient (Wildman–Crippen LogP) is 1.83. The lowest BCUT2D eigenvalue weighted by atomic mass is 10.1. The van der Waals surface area contributed by atoms with Crippen LogP contribution in [0.1, 0.15) is 21.5 Å². The number of aryl methyl sites for hydroxylation is 3. The number of anilines is 1. The Morgan fingerprint density at radius 1 is 1.29 bits per heavy atom. The number of amides is 1. The van der Waals surface area contributed by atoms with E-state index in [-0.39, 0.29) is 12.5 Å². The molecule has 21 heavy (non-hydrogen) atoms. The smallest absolute Gasteiger partial charge is 0.341 e. The molecule has 6 heteroatoms. The second kappa shape index (κ2) is 6.21. The van der Waals surface area contributed by atoms with Crippen molar-refractivity contribution in [2.75, 3.05) is 11.9 Å². The van der Waals surface area contributed by atoms with Gasteiger partial charge in [-0.25, -0.2) is 4.79 Å². The van der Waals surface area contributed by atoms with Crippen molar-refractivity contribution >= 4 is 17.6 Å². The van der Waals surface area contributed by atoms with Gasteiger partial charge in [0.15, 0.2) is 6.61 Å². The molecule has 110 valence electrons. The van der Waals surface area contributed by atoms with E-state index in [9.17, 15) is 9.59 Å². The molecule has 2 rings (SSSR count). The highest BCUT2D eigenvalue weighted by molar-refractivity contribution is 5.95. The van der Waals surface area contributed by atoms with Gasteiger partial charge in [-0.3, -0.25) is 9.48 Å². The summed E-state index contributed by atoms with van der Waals surface area (Å²) in [5.74, 6) is -0.950. The van der Waals surface area contributed by atoms with Gasteiger partial charge in [0.2, 0.25) is 0 Å². The minimum absolute atomic E-state index is 0.316. The topological polar surface area (TPSA) is 73.2 Å². The third kappa shape index (κ3) is 3.92. The van der Waals surface area contributed by atoms with Crippen molar-refractivity contribution < 1.29 is 14.3 Å². The van der Waals surface area contributed by atoms with Crippen molar-refractivity contribution in [3.8, 4) is 0 Å². The maximum Gasteiger partial charge on any atom is 0.341 e. The molecule has 0 aliphatic carbocycles. The Bertz CT molecular complexity index is 677. The molecule has 0 unspecified atom stereocenters. The summed E-state index contributed by atoms with van der Waals surface area (Å²) in [4.78, 5) is 23.4. The molecule has 0 saturated carbocycles. The lowest BCUT2D eigenvalue weighted by Gasteiger charge is -2.08. The van der Waals surface area contributed by atoms with Crippen LogP contribution in [0, 0.1) is 13.8 Å². The Balaban J connectivity index is 1.87. The molecule has 0 fully saturated rings. The van der Waals surface area contributed by atoms with Crippen LogP contribution in [-0.4, -0.2) is 28.3 Å². The third-order valence-corrected chi connectivity index (χ3v) is 3.07. The van der Waals surface area contributed by atoms with Gasteiger partial charge in [-0.2, -0.15) is 5.10 Å². The molecule has 0 bridgehead atoms. The Morgan fingerprint density at radius 3 is 2.67 bits per heavy atom. The molecule has 1 N–H and O–H groups in total. The number of rotatable bonds is 4. The van der Waals surface area contributed by atoms with E-state index >= 15 is 0 Å². The summed E-state index contributed by atoms with van der Waals surface area (Å²) >= 11 is 0. The quantitative estimate of drug-likeness (QED) is 0.871. The number of nitrogens with one attached hydrogen (secondary N) is 1. The highest BCUT2D eigenvalue weighted by atomic mass is 16.5. The summed E-state index contributed by atoms with van der Waals surface area (Å²) in [5, 5.41) is 6.55. The zero-order chi connectivity index (χ0) is 15.4. The SMILES string of the molecule is Cc1ccc(NC(=O)COC(=O)c2cnn(C)c2)cc1C.